The lowest BCUT2D eigenvalue weighted by molar-refractivity contribution is 0.0286. The van der Waals surface area contributed by atoms with Crippen LogP contribution < -0.4 is 10.5 Å². The molecule has 3 aromatic carbocycles. The summed E-state index contributed by atoms with van der Waals surface area (Å²) in [6.07, 6.45) is 3.30. The van der Waals surface area contributed by atoms with Gasteiger partial charge in [0.2, 0.25) is 0 Å². The summed E-state index contributed by atoms with van der Waals surface area (Å²) in [5.74, 6) is 0. The summed E-state index contributed by atoms with van der Waals surface area (Å²) in [6, 6.07) is 20.8. The van der Waals surface area contributed by atoms with Gasteiger partial charge in [-0.1, -0.05) is 72.8 Å². The Balaban J connectivity index is 2.08. The van der Waals surface area contributed by atoms with Gasteiger partial charge in [0.05, 0.1) is 10.8 Å². The third kappa shape index (κ3) is 5.12. The Morgan fingerprint density at radius 1 is 0.767 bits per heavy atom. The van der Waals surface area contributed by atoms with Crippen LogP contribution in [0.1, 0.15) is 33.0 Å². The molecular formula is C22H18Cl2N2O4-2. The topological polar surface area (TPSA) is 93.1 Å². The van der Waals surface area contributed by atoms with Crippen LogP contribution in [-0.2, 0) is 0 Å². The summed E-state index contributed by atoms with van der Waals surface area (Å²) in [5, 5.41) is 40.1. The zero-order valence-electron chi connectivity index (χ0n) is 15.6. The summed E-state index contributed by atoms with van der Waals surface area (Å²) in [7, 11) is 0. The van der Waals surface area contributed by atoms with E-state index in [1.807, 2.05) is 48.5 Å². The number of hydrogen-bond donors (Lipinski definition) is 2. The van der Waals surface area contributed by atoms with Crippen molar-refractivity contribution in [1.82, 2.24) is 0 Å². The molecule has 0 bridgehead atoms. The van der Waals surface area contributed by atoms with E-state index in [4.69, 9.17) is 23.2 Å². The minimum Gasteiger partial charge on any atom is -0.769 e. The van der Waals surface area contributed by atoms with Crippen molar-refractivity contribution in [2.24, 2.45) is 0 Å². The van der Waals surface area contributed by atoms with Gasteiger partial charge in [0, 0.05) is 11.3 Å². The number of halogens is 2. The summed E-state index contributed by atoms with van der Waals surface area (Å²) in [5.41, 5.74) is 1.55. The Morgan fingerprint density at radius 2 is 1.37 bits per heavy atom. The first-order valence-electron chi connectivity index (χ1n) is 8.95. The Hall–Kier alpha value is -2.58. The summed E-state index contributed by atoms with van der Waals surface area (Å²) in [6.45, 7) is 0. The second kappa shape index (κ2) is 9.95. The summed E-state index contributed by atoms with van der Waals surface area (Å²) >= 11 is 13.1. The fraction of sp³-hybridized carbons (Fsp3) is 0.0909. The second-order valence-electron chi connectivity index (χ2n) is 6.47. The van der Waals surface area contributed by atoms with E-state index in [1.165, 1.54) is 6.07 Å². The van der Waals surface area contributed by atoms with Crippen molar-refractivity contribution in [2.45, 2.75) is 10.8 Å². The molecule has 3 aromatic rings. The molecule has 8 heteroatoms. The van der Waals surface area contributed by atoms with Gasteiger partial charge in [0.25, 0.3) is 0 Å². The van der Waals surface area contributed by atoms with E-state index in [1.54, 1.807) is 24.3 Å². The van der Waals surface area contributed by atoms with Crippen LogP contribution in [0.25, 0.3) is 12.2 Å². The van der Waals surface area contributed by atoms with Crippen molar-refractivity contribution in [2.75, 3.05) is 10.5 Å². The van der Waals surface area contributed by atoms with Gasteiger partial charge in [-0.3, -0.25) is 10.4 Å². The lowest BCUT2D eigenvalue weighted by Gasteiger charge is -2.39. The van der Waals surface area contributed by atoms with Gasteiger partial charge in [-0.25, -0.2) is 0 Å². The molecule has 0 saturated heterocycles. The molecule has 0 saturated carbocycles. The molecule has 6 nitrogen and oxygen atoms in total. The largest absolute Gasteiger partial charge is 0.769 e. The van der Waals surface area contributed by atoms with E-state index in [9.17, 15) is 20.8 Å². The Labute approximate surface area is 183 Å². The average Bonchev–Trinajstić information content (AvgIpc) is 2.77. The molecule has 3 rings (SSSR count). The third-order valence-electron chi connectivity index (χ3n) is 4.52. The molecule has 2 unspecified atom stereocenters. The van der Waals surface area contributed by atoms with Crippen molar-refractivity contribution in [3.63, 3.8) is 0 Å². The molecule has 0 spiro atoms. The van der Waals surface area contributed by atoms with Crippen molar-refractivity contribution >= 4 is 46.7 Å². The molecular weight excluding hydrogens is 427 g/mol. The first-order chi connectivity index (χ1) is 14.4. The number of alkyl halides is 2. The average molecular weight is 445 g/mol. The quantitative estimate of drug-likeness (QED) is 0.245. The summed E-state index contributed by atoms with van der Waals surface area (Å²) in [4.78, 5) is 0. The van der Waals surface area contributed by atoms with Crippen molar-refractivity contribution in [3.05, 3.63) is 105 Å². The Kier molecular flexibility index (Phi) is 7.33. The van der Waals surface area contributed by atoms with Crippen molar-refractivity contribution in [3.8, 4) is 0 Å². The van der Waals surface area contributed by atoms with Crippen LogP contribution in [-0.4, -0.2) is 10.4 Å². The molecule has 0 fully saturated rings. The van der Waals surface area contributed by atoms with Crippen LogP contribution in [0.5, 0.6) is 0 Å². The lowest BCUT2D eigenvalue weighted by Crippen LogP contribution is -2.17. The molecule has 2 N–H and O–H groups in total. The predicted molar refractivity (Wildman–Crippen MR) is 121 cm³/mol. The maximum Gasteiger partial charge on any atom is 0.101 e. The van der Waals surface area contributed by atoms with E-state index in [0.29, 0.717) is 0 Å². The molecule has 2 atom stereocenters. The smallest absolute Gasteiger partial charge is 0.101 e. The Bertz CT molecular complexity index is 999. The Morgan fingerprint density at radius 3 is 1.93 bits per heavy atom. The number of nitrogens with zero attached hydrogens (tertiary/aromatic N) is 2. The second-order valence-corrected chi connectivity index (χ2v) is 7.42. The van der Waals surface area contributed by atoms with Crippen LogP contribution in [0.3, 0.4) is 0 Å². The van der Waals surface area contributed by atoms with Crippen molar-refractivity contribution in [1.29, 1.82) is 0 Å². The zero-order valence-corrected chi connectivity index (χ0v) is 17.1. The van der Waals surface area contributed by atoms with Gasteiger partial charge in [-0.2, -0.15) is 0 Å². The number of benzene rings is 3. The van der Waals surface area contributed by atoms with Crippen LogP contribution >= 0.6 is 23.2 Å². The highest BCUT2D eigenvalue weighted by Gasteiger charge is 2.26. The van der Waals surface area contributed by atoms with Crippen molar-refractivity contribution < 1.29 is 10.4 Å². The van der Waals surface area contributed by atoms with E-state index in [2.05, 4.69) is 0 Å². The fourth-order valence-electron chi connectivity index (χ4n) is 3.01. The highest BCUT2D eigenvalue weighted by molar-refractivity contribution is 6.30. The monoisotopic (exact) mass is 444 g/mol. The van der Waals surface area contributed by atoms with Crippen LogP contribution in [0.2, 0.25) is 0 Å². The number of hydrogen-bond acceptors (Lipinski definition) is 6. The first-order valence-corrected chi connectivity index (χ1v) is 9.82. The molecule has 0 amide bonds. The molecule has 0 aliphatic carbocycles. The molecule has 0 radical (unpaired) electrons. The van der Waals surface area contributed by atoms with Crippen LogP contribution in [0.4, 0.5) is 11.4 Å². The number of anilines is 2. The van der Waals surface area contributed by atoms with E-state index in [-0.39, 0.29) is 27.7 Å². The van der Waals surface area contributed by atoms with Crippen LogP contribution in [0, 0.1) is 10.4 Å². The first kappa shape index (κ1) is 22.1. The molecule has 0 aliphatic heterocycles. The third-order valence-corrected chi connectivity index (χ3v) is 5.64. The van der Waals surface area contributed by atoms with Gasteiger partial charge < -0.3 is 15.6 Å². The highest BCUT2D eigenvalue weighted by atomic mass is 35.5. The number of rotatable bonds is 7. The SMILES string of the molecule is [O-]N([O-])c1cc(N(O)O)c(C(Cl)C(Cl)c2ccccc2)cc1C=Cc1ccccc1. The van der Waals surface area contributed by atoms with E-state index in [0.717, 1.165) is 17.2 Å². The highest BCUT2D eigenvalue weighted by Crippen LogP contribution is 2.45. The van der Waals surface area contributed by atoms with E-state index < -0.39 is 16.0 Å². The van der Waals surface area contributed by atoms with Gasteiger partial charge in [-0.15, -0.1) is 28.4 Å². The molecule has 156 valence electrons. The molecule has 0 heterocycles. The zero-order chi connectivity index (χ0) is 21.7. The van der Waals surface area contributed by atoms with Gasteiger partial charge >= 0.3 is 0 Å². The van der Waals surface area contributed by atoms with E-state index >= 15 is 0 Å². The molecule has 30 heavy (non-hydrogen) atoms. The normalized spacial score (nSPS) is 13.3. The predicted octanol–water partition coefficient (Wildman–Crippen LogP) is 6.50. The standard InChI is InChI=1S/C22H18Cl2N2O4/c23-21(16-9-5-2-6-10-16)22(24)18-13-17(12-11-15-7-3-1-4-8-15)19(25(27)28)14-20(18)26(29)30/h1-14,21-22,29-30H/q-2. The summed E-state index contributed by atoms with van der Waals surface area (Å²) < 4.78 is 0. The molecule has 0 aromatic heterocycles. The van der Waals surface area contributed by atoms with Crippen LogP contribution in [0.15, 0.2) is 72.8 Å². The van der Waals surface area contributed by atoms with Gasteiger partial charge in [0.1, 0.15) is 5.69 Å². The maximum atomic E-state index is 11.6. The molecule has 0 aliphatic rings. The lowest BCUT2D eigenvalue weighted by atomic mass is 9.98. The minimum atomic E-state index is -0.893. The van der Waals surface area contributed by atoms with Gasteiger partial charge in [0.15, 0.2) is 0 Å². The fourth-order valence-corrected chi connectivity index (χ4v) is 3.61. The van der Waals surface area contributed by atoms with Gasteiger partial charge in [-0.05, 0) is 28.8 Å². The maximum absolute atomic E-state index is 11.6. The minimum absolute atomic E-state index is 0.184.